The van der Waals surface area contributed by atoms with Crippen LogP contribution in [-0.2, 0) is 15.0 Å². The zero-order chi connectivity index (χ0) is 19.3. The van der Waals surface area contributed by atoms with E-state index in [0.717, 1.165) is 45.3 Å². The molecule has 27 heavy (non-hydrogen) atoms. The molecule has 7 nitrogen and oxygen atoms in total. The summed E-state index contributed by atoms with van der Waals surface area (Å²) in [4.78, 5) is 15.0. The number of carbonyl (C=O) groups excluding carboxylic acids is 1. The molecule has 0 spiro atoms. The van der Waals surface area contributed by atoms with Crippen LogP contribution in [0.2, 0.25) is 0 Å². The van der Waals surface area contributed by atoms with E-state index in [9.17, 15) is 13.2 Å². The van der Waals surface area contributed by atoms with Crippen LogP contribution in [-0.4, -0.2) is 80.2 Å². The molecule has 0 radical (unpaired) electrons. The molecule has 1 amide bonds. The van der Waals surface area contributed by atoms with E-state index in [-0.39, 0.29) is 11.8 Å². The molecule has 0 unspecified atom stereocenters. The Bertz CT molecular complexity index is 584. The molecular weight excluding hydrogens is 364 g/mol. The Balaban J connectivity index is 1.47. The quantitative estimate of drug-likeness (QED) is 0.729. The molecule has 3 fully saturated rings. The molecule has 0 aromatic rings. The number of carbonyl (C=O) groups is 1. The number of hydrogen-bond acceptors (Lipinski definition) is 4. The molecule has 156 valence electrons. The summed E-state index contributed by atoms with van der Waals surface area (Å²) in [5.41, 5.74) is 0. The van der Waals surface area contributed by atoms with Crippen LogP contribution >= 0.6 is 0 Å². The predicted octanol–water partition coefficient (Wildman–Crippen LogP) is 1.28. The van der Waals surface area contributed by atoms with E-state index >= 15 is 0 Å². The Morgan fingerprint density at radius 1 is 0.926 bits per heavy atom. The molecular formula is C19H36N4O3S. The van der Waals surface area contributed by atoms with Crippen LogP contribution in [0, 0.1) is 11.8 Å². The second-order valence-corrected chi connectivity index (χ2v) is 10.4. The van der Waals surface area contributed by atoms with Gasteiger partial charge in [0.15, 0.2) is 0 Å². The van der Waals surface area contributed by atoms with Gasteiger partial charge in [0.25, 0.3) is 10.2 Å². The number of nitrogens with one attached hydrogen (secondary N) is 1. The Labute approximate surface area is 164 Å². The van der Waals surface area contributed by atoms with Crippen LogP contribution in [0.5, 0.6) is 0 Å². The van der Waals surface area contributed by atoms with Crippen molar-refractivity contribution in [2.24, 2.45) is 11.8 Å². The van der Waals surface area contributed by atoms with Gasteiger partial charge in [0.05, 0.1) is 5.92 Å². The van der Waals surface area contributed by atoms with Gasteiger partial charge in [-0.05, 0) is 57.5 Å². The molecule has 1 atom stereocenters. The molecule has 0 aromatic heterocycles. The smallest absolute Gasteiger partial charge is 0.281 e. The second-order valence-electron chi connectivity index (χ2n) is 8.48. The number of nitrogens with zero attached hydrogens (tertiary/aromatic N) is 3. The van der Waals surface area contributed by atoms with Gasteiger partial charge in [-0.2, -0.15) is 17.0 Å². The molecule has 0 aliphatic carbocycles. The predicted molar refractivity (Wildman–Crippen MR) is 106 cm³/mol. The van der Waals surface area contributed by atoms with Gasteiger partial charge in [0.1, 0.15) is 0 Å². The van der Waals surface area contributed by atoms with Crippen LogP contribution in [0.25, 0.3) is 0 Å². The first-order chi connectivity index (χ1) is 13.0. The fourth-order valence-corrected chi connectivity index (χ4v) is 6.14. The summed E-state index contributed by atoms with van der Waals surface area (Å²) in [7, 11) is -3.43. The lowest BCUT2D eigenvalue weighted by atomic mass is 9.99. The zero-order valence-corrected chi connectivity index (χ0v) is 17.6. The molecule has 3 rings (SSSR count). The van der Waals surface area contributed by atoms with Gasteiger partial charge in [-0.1, -0.05) is 13.3 Å². The summed E-state index contributed by atoms with van der Waals surface area (Å²) in [6.07, 6.45) is 7.19. The van der Waals surface area contributed by atoms with Gasteiger partial charge in [0, 0.05) is 39.3 Å². The van der Waals surface area contributed by atoms with Crippen molar-refractivity contribution in [2.45, 2.75) is 51.9 Å². The summed E-state index contributed by atoms with van der Waals surface area (Å²) in [6, 6.07) is 0. The van der Waals surface area contributed by atoms with E-state index in [1.54, 1.807) is 8.61 Å². The van der Waals surface area contributed by atoms with Crippen LogP contribution in [0.3, 0.4) is 0 Å². The van der Waals surface area contributed by atoms with Crippen molar-refractivity contribution in [1.82, 2.24) is 18.8 Å². The first kappa shape index (κ1) is 21.0. The minimum absolute atomic E-state index is 0.0131. The van der Waals surface area contributed by atoms with Gasteiger partial charge in [-0.3, -0.25) is 4.79 Å². The van der Waals surface area contributed by atoms with Crippen LogP contribution in [0.15, 0.2) is 0 Å². The van der Waals surface area contributed by atoms with Crippen molar-refractivity contribution in [1.29, 1.82) is 0 Å². The summed E-state index contributed by atoms with van der Waals surface area (Å²) < 4.78 is 29.1. The number of amides is 1. The third-order valence-electron chi connectivity index (χ3n) is 6.33. The molecule has 0 bridgehead atoms. The maximum atomic E-state index is 12.9. The highest BCUT2D eigenvalue weighted by molar-refractivity contribution is 7.86. The molecule has 3 heterocycles. The Morgan fingerprint density at radius 2 is 1.63 bits per heavy atom. The lowest BCUT2D eigenvalue weighted by molar-refractivity contribution is -0.126. The molecule has 0 saturated carbocycles. The zero-order valence-electron chi connectivity index (χ0n) is 16.7. The highest BCUT2D eigenvalue weighted by Gasteiger charge is 2.36. The fraction of sp³-hybridized carbons (Fsp3) is 0.947. The highest BCUT2D eigenvalue weighted by atomic mass is 32.2. The second kappa shape index (κ2) is 9.67. The summed E-state index contributed by atoms with van der Waals surface area (Å²) in [5, 5.41) is 3.04. The Morgan fingerprint density at radius 3 is 2.33 bits per heavy atom. The Hall–Kier alpha value is -0.700. The topological polar surface area (TPSA) is 73.0 Å². The lowest BCUT2D eigenvalue weighted by Crippen LogP contribution is -2.52. The SMILES string of the molecule is CC1CCN(S(=O)(=O)N2CCC[C@@H](C(=O)NCCN3CCCCC3)C2)CC1. The largest absolute Gasteiger partial charge is 0.355 e. The first-order valence-electron chi connectivity index (χ1n) is 10.7. The van der Waals surface area contributed by atoms with E-state index in [4.69, 9.17) is 0 Å². The number of likely N-dealkylation sites (tertiary alicyclic amines) is 1. The van der Waals surface area contributed by atoms with Crippen molar-refractivity contribution >= 4 is 16.1 Å². The van der Waals surface area contributed by atoms with Crippen LogP contribution in [0.1, 0.15) is 51.9 Å². The van der Waals surface area contributed by atoms with Crippen molar-refractivity contribution in [2.75, 3.05) is 52.4 Å². The van der Waals surface area contributed by atoms with Crippen molar-refractivity contribution < 1.29 is 13.2 Å². The minimum Gasteiger partial charge on any atom is -0.355 e. The molecule has 3 aliphatic rings. The summed E-state index contributed by atoms with van der Waals surface area (Å²) >= 11 is 0. The van der Waals surface area contributed by atoms with Gasteiger partial charge in [-0.25, -0.2) is 0 Å². The highest BCUT2D eigenvalue weighted by Crippen LogP contribution is 2.25. The van der Waals surface area contributed by atoms with E-state index in [0.29, 0.717) is 38.6 Å². The average Bonchev–Trinajstić information content (AvgIpc) is 2.69. The van der Waals surface area contributed by atoms with Crippen LogP contribution in [0.4, 0.5) is 0 Å². The van der Waals surface area contributed by atoms with Gasteiger partial charge >= 0.3 is 0 Å². The van der Waals surface area contributed by atoms with Gasteiger partial charge in [-0.15, -0.1) is 0 Å². The lowest BCUT2D eigenvalue weighted by Gasteiger charge is -2.37. The monoisotopic (exact) mass is 400 g/mol. The third kappa shape index (κ3) is 5.65. The van der Waals surface area contributed by atoms with Crippen molar-refractivity contribution in [3.63, 3.8) is 0 Å². The summed E-state index contributed by atoms with van der Waals surface area (Å²) in [6.45, 7) is 8.04. The van der Waals surface area contributed by atoms with E-state index in [1.165, 1.54) is 19.3 Å². The Kier molecular flexibility index (Phi) is 7.53. The number of rotatable bonds is 6. The maximum absolute atomic E-state index is 12.9. The molecule has 3 saturated heterocycles. The van der Waals surface area contributed by atoms with Gasteiger partial charge < -0.3 is 10.2 Å². The van der Waals surface area contributed by atoms with E-state index in [1.807, 2.05) is 0 Å². The van der Waals surface area contributed by atoms with Gasteiger partial charge in [0.2, 0.25) is 5.91 Å². The molecule has 3 aliphatic heterocycles. The third-order valence-corrected chi connectivity index (χ3v) is 8.33. The van der Waals surface area contributed by atoms with E-state index < -0.39 is 10.2 Å². The van der Waals surface area contributed by atoms with E-state index in [2.05, 4.69) is 17.1 Å². The molecule has 1 N–H and O–H groups in total. The van der Waals surface area contributed by atoms with Crippen molar-refractivity contribution in [3.05, 3.63) is 0 Å². The molecule has 0 aromatic carbocycles. The maximum Gasteiger partial charge on any atom is 0.281 e. The minimum atomic E-state index is -3.43. The number of piperidine rings is 3. The summed E-state index contributed by atoms with van der Waals surface area (Å²) in [5.74, 6) is 0.383. The fourth-order valence-electron chi connectivity index (χ4n) is 4.41. The first-order valence-corrected chi connectivity index (χ1v) is 12.1. The number of hydrogen-bond donors (Lipinski definition) is 1. The molecule has 8 heteroatoms. The normalized spacial score (nSPS) is 27.5. The standard InChI is InChI=1S/C19H36N4O3S/c1-17-7-13-22(14-8-17)27(25,26)23-12-5-6-18(16-23)19(24)20-9-15-21-10-3-2-4-11-21/h17-18H,2-16H2,1H3,(H,20,24)/t18-/m1/s1. The average molecular weight is 401 g/mol. The van der Waals surface area contributed by atoms with Crippen LogP contribution < -0.4 is 5.32 Å². The van der Waals surface area contributed by atoms with Crippen molar-refractivity contribution in [3.8, 4) is 0 Å².